The van der Waals surface area contributed by atoms with Gasteiger partial charge in [0.25, 0.3) is 5.91 Å². The quantitative estimate of drug-likeness (QED) is 0.844. The first-order chi connectivity index (χ1) is 10.1. The Morgan fingerprint density at radius 2 is 2.14 bits per heavy atom. The molecule has 1 amide bonds. The first-order valence-corrected chi connectivity index (χ1v) is 7.92. The SMILES string of the molecule is C[C@@H]1CCCC[C@@H]1NC(=O)COC(=O)c1cncc(Br)c1. The number of nitrogens with one attached hydrogen (secondary N) is 1. The molecule has 0 saturated heterocycles. The maximum Gasteiger partial charge on any atom is 0.340 e. The second kappa shape index (κ2) is 7.54. The lowest BCUT2D eigenvalue weighted by Crippen LogP contribution is -2.42. The molecule has 2 atom stereocenters. The summed E-state index contributed by atoms with van der Waals surface area (Å²) in [4.78, 5) is 27.5. The Bertz CT molecular complexity index is 521. The minimum absolute atomic E-state index is 0.192. The third-order valence-corrected chi connectivity index (χ3v) is 4.17. The fourth-order valence-corrected chi connectivity index (χ4v) is 2.88. The molecule has 1 heterocycles. The van der Waals surface area contributed by atoms with E-state index in [-0.39, 0.29) is 18.6 Å². The number of amides is 1. The van der Waals surface area contributed by atoms with E-state index in [0.717, 1.165) is 19.3 Å². The average molecular weight is 355 g/mol. The summed E-state index contributed by atoms with van der Waals surface area (Å²) >= 11 is 3.23. The second-order valence-corrected chi connectivity index (χ2v) is 6.32. The molecule has 1 aliphatic rings. The molecule has 1 aliphatic carbocycles. The van der Waals surface area contributed by atoms with Gasteiger partial charge in [-0.25, -0.2) is 4.79 Å². The Morgan fingerprint density at radius 1 is 1.38 bits per heavy atom. The molecule has 5 nitrogen and oxygen atoms in total. The molecule has 0 aromatic carbocycles. The summed E-state index contributed by atoms with van der Waals surface area (Å²) in [6.45, 7) is 1.89. The molecular weight excluding hydrogens is 336 g/mol. The highest BCUT2D eigenvalue weighted by atomic mass is 79.9. The van der Waals surface area contributed by atoms with Crippen molar-refractivity contribution in [2.75, 3.05) is 6.61 Å². The van der Waals surface area contributed by atoms with Gasteiger partial charge in [0, 0.05) is 22.9 Å². The van der Waals surface area contributed by atoms with Gasteiger partial charge in [-0.2, -0.15) is 0 Å². The van der Waals surface area contributed by atoms with Crippen LogP contribution in [0.2, 0.25) is 0 Å². The molecule has 1 N–H and O–H groups in total. The molecule has 21 heavy (non-hydrogen) atoms. The van der Waals surface area contributed by atoms with Gasteiger partial charge >= 0.3 is 5.97 Å². The zero-order chi connectivity index (χ0) is 15.2. The number of carbonyl (C=O) groups excluding carboxylic acids is 2. The van der Waals surface area contributed by atoms with Crippen LogP contribution in [0.1, 0.15) is 43.0 Å². The van der Waals surface area contributed by atoms with E-state index in [1.165, 1.54) is 12.6 Å². The minimum atomic E-state index is -0.546. The fraction of sp³-hybridized carbons (Fsp3) is 0.533. The van der Waals surface area contributed by atoms with E-state index in [0.29, 0.717) is 16.0 Å². The summed E-state index contributed by atoms with van der Waals surface area (Å²) < 4.78 is 5.70. The van der Waals surface area contributed by atoms with Gasteiger partial charge in [0.15, 0.2) is 6.61 Å². The molecule has 1 aromatic heterocycles. The molecule has 1 fully saturated rings. The molecular formula is C15H19BrN2O3. The topological polar surface area (TPSA) is 68.3 Å². The zero-order valence-electron chi connectivity index (χ0n) is 12.0. The van der Waals surface area contributed by atoms with Gasteiger partial charge in [0.1, 0.15) is 0 Å². The Balaban J connectivity index is 1.79. The van der Waals surface area contributed by atoms with E-state index >= 15 is 0 Å². The number of esters is 1. The van der Waals surface area contributed by atoms with Crippen molar-refractivity contribution in [3.05, 3.63) is 28.5 Å². The van der Waals surface area contributed by atoms with Crippen molar-refractivity contribution in [3.63, 3.8) is 0 Å². The van der Waals surface area contributed by atoms with E-state index in [1.54, 1.807) is 12.3 Å². The maximum absolute atomic E-state index is 11.8. The lowest BCUT2D eigenvalue weighted by Gasteiger charge is -2.29. The number of pyridine rings is 1. The molecule has 114 valence electrons. The molecule has 0 radical (unpaired) electrons. The molecule has 0 aliphatic heterocycles. The first kappa shape index (κ1) is 15.9. The summed E-state index contributed by atoms with van der Waals surface area (Å²) in [5.41, 5.74) is 0.322. The Morgan fingerprint density at radius 3 is 2.86 bits per heavy atom. The highest BCUT2D eigenvalue weighted by Gasteiger charge is 2.23. The number of halogens is 1. The van der Waals surface area contributed by atoms with Crippen LogP contribution in [0.4, 0.5) is 0 Å². The molecule has 0 spiro atoms. The van der Waals surface area contributed by atoms with Crippen molar-refractivity contribution in [1.29, 1.82) is 0 Å². The minimum Gasteiger partial charge on any atom is -0.452 e. The summed E-state index contributed by atoms with van der Waals surface area (Å²) in [6.07, 6.45) is 7.48. The third kappa shape index (κ3) is 4.81. The van der Waals surface area contributed by atoms with Gasteiger partial charge < -0.3 is 10.1 Å². The number of carbonyl (C=O) groups is 2. The van der Waals surface area contributed by atoms with E-state index in [1.807, 2.05) is 0 Å². The van der Waals surface area contributed by atoms with Crippen molar-refractivity contribution in [1.82, 2.24) is 10.3 Å². The fourth-order valence-electron chi connectivity index (χ4n) is 2.52. The monoisotopic (exact) mass is 354 g/mol. The molecule has 0 bridgehead atoms. The third-order valence-electron chi connectivity index (χ3n) is 3.73. The van der Waals surface area contributed by atoms with E-state index < -0.39 is 5.97 Å². The average Bonchev–Trinajstić information content (AvgIpc) is 2.47. The number of hydrogen-bond acceptors (Lipinski definition) is 4. The zero-order valence-corrected chi connectivity index (χ0v) is 13.6. The summed E-state index contributed by atoms with van der Waals surface area (Å²) in [5, 5.41) is 2.95. The Hall–Kier alpha value is -1.43. The largest absolute Gasteiger partial charge is 0.452 e. The highest BCUT2D eigenvalue weighted by molar-refractivity contribution is 9.10. The molecule has 6 heteroatoms. The number of ether oxygens (including phenoxy) is 1. The van der Waals surface area contributed by atoms with Gasteiger partial charge in [0.05, 0.1) is 5.56 Å². The van der Waals surface area contributed by atoms with Gasteiger partial charge in [-0.05, 0) is 40.8 Å². The lowest BCUT2D eigenvalue weighted by atomic mass is 9.86. The highest BCUT2D eigenvalue weighted by Crippen LogP contribution is 2.23. The van der Waals surface area contributed by atoms with Crippen LogP contribution in [0, 0.1) is 5.92 Å². The van der Waals surface area contributed by atoms with Crippen molar-refractivity contribution >= 4 is 27.8 Å². The number of aromatic nitrogens is 1. The predicted octanol–water partition coefficient (Wildman–Crippen LogP) is 2.70. The van der Waals surface area contributed by atoms with Crippen LogP contribution in [0.3, 0.4) is 0 Å². The standard InChI is InChI=1S/C15H19BrN2O3/c1-10-4-2-3-5-13(10)18-14(19)9-21-15(20)11-6-12(16)8-17-7-11/h6-8,10,13H,2-5,9H2,1H3,(H,18,19)/t10-,13+/m1/s1. The predicted molar refractivity (Wildman–Crippen MR) is 81.8 cm³/mol. The Labute approximate surface area is 132 Å². The number of nitrogens with zero attached hydrogens (tertiary/aromatic N) is 1. The van der Waals surface area contributed by atoms with Crippen molar-refractivity contribution in [2.24, 2.45) is 5.92 Å². The molecule has 0 unspecified atom stereocenters. The van der Waals surface area contributed by atoms with Crippen molar-refractivity contribution < 1.29 is 14.3 Å². The summed E-state index contributed by atoms with van der Waals surface area (Å²) in [6, 6.07) is 1.80. The lowest BCUT2D eigenvalue weighted by molar-refractivity contribution is -0.125. The Kier molecular flexibility index (Phi) is 5.73. The van der Waals surface area contributed by atoms with Crippen LogP contribution >= 0.6 is 15.9 Å². The number of rotatable bonds is 4. The first-order valence-electron chi connectivity index (χ1n) is 7.13. The van der Waals surface area contributed by atoms with Gasteiger partial charge in [0.2, 0.25) is 0 Å². The molecule has 1 aromatic rings. The van der Waals surface area contributed by atoms with E-state index in [4.69, 9.17) is 4.74 Å². The van der Waals surface area contributed by atoms with E-state index in [9.17, 15) is 9.59 Å². The normalized spacial score (nSPS) is 21.6. The summed E-state index contributed by atoms with van der Waals surface area (Å²) in [7, 11) is 0. The number of hydrogen-bond donors (Lipinski definition) is 1. The van der Waals surface area contributed by atoms with E-state index in [2.05, 4.69) is 33.2 Å². The van der Waals surface area contributed by atoms with Crippen molar-refractivity contribution in [3.8, 4) is 0 Å². The van der Waals surface area contributed by atoms with Gasteiger partial charge in [-0.1, -0.05) is 19.8 Å². The van der Waals surface area contributed by atoms with Crippen LogP contribution in [0.15, 0.2) is 22.9 Å². The van der Waals surface area contributed by atoms with Crippen molar-refractivity contribution in [2.45, 2.75) is 38.6 Å². The van der Waals surface area contributed by atoms with Crippen LogP contribution in [0.25, 0.3) is 0 Å². The van der Waals surface area contributed by atoms with Crippen LogP contribution in [-0.2, 0) is 9.53 Å². The second-order valence-electron chi connectivity index (χ2n) is 5.40. The maximum atomic E-state index is 11.8. The van der Waals surface area contributed by atoms with Crippen LogP contribution in [-0.4, -0.2) is 29.5 Å². The smallest absolute Gasteiger partial charge is 0.340 e. The van der Waals surface area contributed by atoms with Crippen LogP contribution < -0.4 is 5.32 Å². The molecule has 1 saturated carbocycles. The molecule has 2 rings (SSSR count). The van der Waals surface area contributed by atoms with Gasteiger partial charge in [-0.3, -0.25) is 9.78 Å². The summed E-state index contributed by atoms with van der Waals surface area (Å²) in [5.74, 6) is -0.312. The van der Waals surface area contributed by atoms with Crippen LogP contribution in [0.5, 0.6) is 0 Å². The van der Waals surface area contributed by atoms with Gasteiger partial charge in [-0.15, -0.1) is 0 Å².